The molecule has 1 aromatic heterocycles. The summed E-state index contributed by atoms with van der Waals surface area (Å²) < 4.78 is 42.0. The second kappa shape index (κ2) is 5.26. The number of ether oxygens (including phenoxy) is 1. The lowest BCUT2D eigenvalue weighted by atomic mass is 10.2. The fourth-order valence-corrected chi connectivity index (χ4v) is 1.26. The Bertz CT molecular complexity index is 338. The zero-order valence-electron chi connectivity index (χ0n) is 8.66. The van der Waals surface area contributed by atoms with Crippen LogP contribution in [0.2, 0.25) is 0 Å². The van der Waals surface area contributed by atoms with Crippen LogP contribution in [0, 0.1) is 0 Å². The van der Waals surface area contributed by atoms with Crippen LogP contribution in [0.3, 0.4) is 0 Å². The van der Waals surface area contributed by atoms with Crippen molar-refractivity contribution in [2.75, 3.05) is 13.7 Å². The average molecular weight is 239 g/mol. The quantitative estimate of drug-likeness (QED) is 0.813. The number of hydrogen-bond acceptors (Lipinski definition) is 4. The molecule has 0 spiro atoms. The molecule has 0 aromatic carbocycles. The van der Waals surface area contributed by atoms with Gasteiger partial charge in [-0.3, -0.25) is 0 Å². The van der Waals surface area contributed by atoms with Gasteiger partial charge in [0.25, 0.3) is 0 Å². The molecule has 0 aliphatic carbocycles. The van der Waals surface area contributed by atoms with Crippen LogP contribution in [-0.4, -0.2) is 40.0 Å². The minimum atomic E-state index is -4.36. The maximum absolute atomic E-state index is 12.2. The Morgan fingerprint density at radius 1 is 1.44 bits per heavy atom. The van der Waals surface area contributed by atoms with Gasteiger partial charge in [0, 0.05) is 13.5 Å². The van der Waals surface area contributed by atoms with Gasteiger partial charge >= 0.3 is 6.18 Å². The van der Waals surface area contributed by atoms with E-state index in [2.05, 4.69) is 10.3 Å². The van der Waals surface area contributed by atoms with Crippen molar-refractivity contribution in [3.8, 4) is 0 Å². The molecule has 0 atom stereocenters. The summed E-state index contributed by atoms with van der Waals surface area (Å²) in [5.74, 6) is 0. The largest absolute Gasteiger partial charge is 0.408 e. The van der Waals surface area contributed by atoms with E-state index in [9.17, 15) is 13.2 Å². The van der Waals surface area contributed by atoms with Crippen molar-refractivity contribution in [1.29, 1.82) is 0 Å². The van der Waals surface area contributed by atoms with Gasteiger partial charge in [0.2, 0.25) is 0 Å². The normalized spacial score (nSPS) is 12.1. The van der Waals surface area contributed by atoms with Gasteiger partial charge < -0.3 is 9.84 Å². The molecule has 0 saturated carbocycles. The Morgan fingerprint density at radius 3 is 2.62 bits per heavy atom. The molecule has 0 radical (unpaired) electrons. The summed E-state index contributed by atoms with van der Waals surface area (Å²) >= 11 is 0. The molecule has 1 rings (SSSR count). The highest BCUT2D eigenvalue weighted by Crippen LogP contribution is 2.19. The molecule has 0 amide bonds. The summed E-state index contributed by atoms with van der Waals surface area (Å²) in [5.41, 5.74) is 0.406. The Hall–Kier alpha value is -1.15. The predicted octanol–water partition coefficient (Wildman–Crippen LogP) is 0.522. The highest BCUT2D eigenvalue weighted by Gasteiger charge is 2.30. The summed E-state index contributed by atoms with van der Waals surface area (Å²) in [5, 5.41) is 15.7. The van der Waals surface area contributed by atoms with Crippen LogP contribution in [0.1, 0.15) is 11.4 Å². The van der Waals surface area contributed by atoms with Gasteiger partial charge in [0.1, 0.15) is 12.2 Å². The van der Waals surface area contributed by atoms with Crippen molar-refractivity contribution < 1.29 is 23.0 Å². The van der Waals surface area contributed by atoms with Gasteiger partial charge in [0.05, 0.1) is 18.9 Å². The molecule has 16 heavy (non-hydrogen) atoms. The summed E-state index contributed by atoms with van der Waals surface area (Å²) in [6, 6.07) is 0. The van der Waals surface area contributed by atoms with E-state index in [1.807, 2.05) is 0 Å². The average Bonchev–Trinajstić information content (AvgIpc) is 2.55. The van der Waals surface area contributed by atoms with Crippen molar-refractivity contribution >= 4 is 0 Å². The lowest BCUT2D eigenvalue weighted by molar-refractivity contribution is -0.143. The zero-order valence-corrected chi connectivity index (χ0v) is 8.66. The van der Waals surface area contributed by atoms with Crippen LogP contribution < -0.4 is 0 Å². The number of aromatic nitrogens is 3. The lowest BCUT2D eigenvalue weighted by Gasteiger charge is -2.09. The first-order valence-electron chi connectivity index (χ1n) is 4.55. The first-order valence-corrected chi connectivity index (χ1v) is 4.55. The predicted molar refractivity (Wildman–Crippen MR) is 47.6 cm³/mol. The third-order valence-corrected chi connectivity index (χ3v) is 1.94. The van der Waals surface area contributed by atoms with Crippen LogP contribution >= 0.6 is 0 Å². The van der Waals surface area contributed by atoms with Gasteiger partial charge in [-0.2, -0.15) is 13.2 Å². The molecular formula is C8H12F3N3O2. The number of aliphatic hydroxyl groups excluding tert-OH is 1. The van der Waals surface area contributed by atoms with Crippen molar-refractivity contribution in [3.63, 3.8) is 0 Å². The van der Waals surface area contributed by atoms with Crippen LogP contribution in [-0.2, 0) is 24.3 Å². The maximum Gasteiger partial charge on any atom is 0.408 e. The van der Waals surface area contributed by atoms with E-state index in [1.54, 1.807) is 0 Å². The third-order valence-electron chi connectivity index (χ3n) is 1.94. The van der Waals surface area contributed by atoms with Crippen LogP contribution in [0.5, 0.6) is 0 Å². The van der Waals surface area contributed by atoms with Gasteiger partial charge in [0.15, 0.2) is 0 Å². The third kappa shape index (κ3) is 3.46. The molecule has 0 aliphatic rings. The molecule has 92 valence electrons. The second-order valence-corrected chi connectivity index (χ2v) is 3.16. The highest BCUT2D eigenvalue weighted by molar-refractivity contribution is 5.09. The van der Waals surface area contributed by atoms with E-state index in [1.165, 1.54) is 7.11 Å². The maximum atomic E-state index is 12.2. The summed E-state index contributed by atoms with van der Waals surface area (Å²) in [6.45, 7) is -1.39. The van der Waals surface area contributed by atoms with E-state index in [0.29, 0.717) is 0 Å². The number of rotatable bonds is 5. The Balaban J connectivity index is 2.86. The lowest BCUT2D eigenvalue weighted by Crippen LogP contribution is -2.21. The highest BCUT2D eigenvalue weighted by atomic mass is 19.4. The summed E-state index contributed by atoms with van der Waals surface area (Å²) in [6.07, 6.45) is -4.13. The molecular weight excluding hydrogens is 227 g/mol. The van der Waals surface area contributed by atoms with Crippen molar-refractivity contribution in [1.82, 2.24) is 15.0 Å². The van der Waals surface area contributed by atoms with Crippen molar-refractivity contribution in [2.24, 2.45) is 0 Å². The molecule has 0 aliphatic heterocycles. The Labute approximate surface area is 89.8 Å². The van der Waals surface area contributed by atoms with E-state index < -0.39 is 19.3 Å². The number of halogens is 3. The monoisotopic (exact) mass is 239 g/mol. The van der Waals surface area contributed by atoms with Crippen molar-refractivity contribution in [3.05, 3.63) is 11.4 Å². The molecule has 0 bridgehead atoms. The van der Waals surface area contributed by atoms with Crippen molar-refractivity contribution in [2.45, 2.75) is 25.7 Å². The molecule has 0 saturated heterocycles. The molecule has 8 heteroatoms. The number of hydrogen-bond donors (Lipinski definition) is 1. The topological polar surface area (TPSA) is 60.2 Å². The molecule has 1 heterocycles. The smallest absolute Gasteiger partial charge is 0.390 e. The molecule has 0 fully saturated rings. The fraction of sp³-hybridized carbons (Fsp3) is 0.750. The number of nitrogens with zero attached hydrogens (tertiary/aromatic N) is 3. The summed E-state index contributed by atoms with van der Waals surface area (Å²) in [4.78, 5) is 0. The standard InChI is InChI=1S/C8H12F3N3O2/c1-16-3-2-7-6(4-15)12-13-14(7)5-8(9,10)11/h15H,2-5H2,1H3. The van der Waals surface area contributed by atoms with Crippen LogP contribution in [0.25, 0.3) is 0 Å². The summed E-state index contributed by atoms with van der Waals surface area (Å²) in [7, 11) is 1.44. The number of alkyl halides is 3. The molecule has 1 N–H and O–H groups in total. The SMILES string of the molecule is COCCc1c(CO)nnn1CC(F)(F)F. The number of methoxy groups -OCH3 is 1. The molecule has 0 unspecified atom stereocenters. The van der Waals surface area contributed by atoms with Crippen LogP contribution in [0.15, 0.2) is 0 Å². The Kier molecular flexibility index (Phi) is 4.25. The van der Waals surface area contributed by atoms with E-state index in [0.717, 1.165) is 4.68 Å². The van der Waals surface area contributed by atoms with Gasteiger partial charge in [-0.25, -0.2) is 4.68 Å². The first kappa shape index (κ1) is 12.9. The van der Waals surface area contributed by atoms with Crippen LogP contribution in [0.4, 0.5) is 13.2 Å². The fourth-order valence-electron chi connectivity index (χ4n) is 1.26. The molecule has 5 nitrogen and oxygen atoms in total. The van der Waals surface area contributed by atoms with E-state index in [4.69, 9.17) is 9.84 Å². The Morgan fingerprint density at radius 2 is 2.12 bits per heavy atom. The zero-order chi connectivity index (χ0) is 12.2. The molecule has 1 aromatic rings. The van der Waals surface area contributed by atoms with Gasteiger partial charge in [-0.05, 0) is 0 Å². The minimum Gasteiger partial charge on any atom is -0.390 e. The van der Waals surface area contributed by atoms with E-state index >= 15 is 0 Å². The second-order valence-electron chi connectivity index (χ2n) is 3.16. The number of aliphatic hydroxyl groups is 1. The minimum absolute atomic E-state index is 0.154. The first-order chi connectivity index (χ1) is 7.48. The van der Waals surface area contributed by atoms with Gasteiger partial charge in [-0.15, -0.1) is 5.10 Å². The van der Waals surface area contributed by atoms with E-state index in [-0.39, 0.29) is 24.4 Å². The van der Waals surface area contributed by atoms with Gasteiger partial charge in [-0.1, -0.05) is 5.21 Å².